The molecule has 0 radical (unpaired) electrons. The number of fused-ring (bicyclic) bond motifs is 1. The van der Waals surface area contributed by atoms with E-state index in [-0.39, 0.29) is 18.3 Å². The number of hydrogen-bond donors (Lipinski definition) is 1. The molecule has 0 saturated carbocycles. The molecule has 1 N–H and O–H groups in total. The van der Waals surface area contributed by atoms with Gasteiger partial charge < -0.3 is 15.0 Å². The molecule has 1 amide bonds. The highest BCUT2D eigenvalue weighted by atomic mass is 35.5. The molecule has 0 aromatic heterocycles. The van der Waals surface area contributed by atoms with Gasteiger partial charge in [0.15, 0.2) is 0 Å². The third-order valence-corrected chi connectivity index (χ3v) is 3.42. The van der Waals surface area contributed by atoms with Crippen LogP contribution < -0.4 is 5.32 Å². The van der Waals surface area contributed by atoms with Gasteiger partial charge in [-0.05, 0) is 22.4 Å². The number of carbonyl (C=O) groups is 1. The van der Waals surface area contributed by atoms with Gasteiger partial charge in [0, 0.05) is 27.2 Å². The first-order chi connectivity index (χ1) is 10.2. The molecule has 0 saturated heterocycles. The summed E-state index contributed by atoms with van der Waals surface area (Å²) < 4.78 is 4.93. The lowest BCUT2D eigenvalue weighted by molar-refractivity contribution is -0.129. The third kappa shape index (κ3) is 5.30. The Morgan fingerprint density at radius 2 is 1.91 bits per heavy atom. The van der Waals surface area contributed by atoms with E-state index in [1.807, 2.05) is 19.2 Å². The van der Waals surface area contributed by atoms with E-state index in [2.05, 4.69) is 35.6 Å². The molecule has 2 aromatic carbocycles. The van der Waals surface area contributed by atoms with Gasteiger partial charge in [0.05, 0.1) is 13.2 Å². The molecule has 0 atom stereocenters. The smallest absolute Gasteiger partial charge is 0.236 e. The van der Waals surface area contributed by atoms with Gasteiger partial charge in [0.25, 0.3) is 0 Å². The number of halogens is 1. The molecular formula is C17H23ClN2O2. The van der Waals surface area contributed by atoms with Gasteiger partial charge in [0.2, 0.25) is 5.91 Å². The predicted octanol–water partition coefficient (Wildman–Crippen LogP) is 2.46. The van der Waals surface area contributed by atoms with Crippen molar-refractivity contribution in [3.63, 3.8) is 0 Å². The fourth-order valence-corrected chi connectivity index (χ4v) is 2.20. The number of methoxy groups -OCH3 is 1. The second-order valence-electron chi connectivity index (χ2n) is 5.10. The van der Waals surface area contributed by atoms with Gasteiger partial charge in [-0.2, -0.15) is 0 Å². The molecule has 0 aliphatic heterocycles. The summed E-state index contributed by atoms with van der Waals surface area (Å²) in [4.78, 5) is 13.7. The molecule has 0 bridgehead atoms. The average molecular weight is 323 g/mol. The third-order valence-electron chi connectivity index (χ3n) is 3.42. The average Bonchev–Trinajstić information content (AvgIpc) is 2.51. The first kappa shape index (κ1) is 18.4. The number of amides is 1. The summed E-state index contributed by atoms with van der Waals surface area (Å²) in [6.45, 7) is 2.26. The maximum Gasteiger partial charge on any atom is 0.236 e. The number of nitrogens with one attached hydrogen (secondary N) is 1. The Bertz CT molecular complexity index is 604. The number of rotatable bonds is 7. The summed E-state index contributed by atoms with van der Waals surface area (Å²) in [7, 11) is 3.48. The maximum atomic E-state index is 12.0. The molecule has 0 aliphatic rings. The van der Waals surface area contributed by atoms with Crippen LogP contribution in [0, 0.1) is 0 Å². The Morgan fingerprint density at radius 3 is 2.64 bits per heavy atom. The molecule has 0 unspecified atom stereocenters. The van der Waals surface area contributed by atoms with E-state index in [1.54, 1.807) is 12.0 Å². The Labute approximate surface area is 137 Å². The van der Waals surface area contributed by atoms with Crippen LogP contribution in [-0.4, -0.2) is 44.7 Å². The van der Waals surface area contributed by atoms with Crippen LogP contribution >= 0.6 is 12.4 Å². The molecule has 5 heteroatoms. The monoisotopic (exact) mass is 322 g/mol. The number of ether oxygens (including phenoxy) is 1. The molecule has 2 aromatic rings. The topological polar surface area (TPSA) is 41.6 Å². The molecule has 4 nitrogen and oxygen atoms in total. The Morgan fingerprint density at radius 1 is 1.18 bits per heavy atom. The maximum absolute atomic E-state index is 12.0. The van der Waals surface area contributed by atoms with Crippen molar-refractivity contribution in [3.8, 4) is 0 Å². The minimum Gasteiger partial charge on any atom is -0.383 e. The number of nitrogens with zero attached hydrogens (tertiary/aromatic N) is 1. The summed E-state index contributed by atoms with van der Waals surface area (Å²) in [5.74, 6) is 0.0826. The Hall–Kier alpha value is -1.62. The van der Waals surface area contributed by atoms with Crippen molar-refractivity contribution in [1.29, 1.82) is 0 Å². The molecular weight excluding hydrogens is 300 g/mol. The van der Waals surface area contributed by atoms with E-state index in [0.29, 0.717) is 26.2 Å². The van der Waals surface area contributed by atoms with Crippen LogP contribution in [-0.2, 0) is 16.1 Å². The first-order valence-electron chi connectivity index (χ1n) is 7.12. The summed E-state index contributed by atoms with van der Waals surface area (Å²) in [5, 5.41) is 5.49. The van der Waals surface area contributed by atoms with Crippen LogP contribution in [0.25, 0.3) is 10.8 Å². The molecule has 2 rings (SSSR count). The highest BCUT2D eigenvalue weighted by Gasteiger charge is 2.08. The SMILES string of the molecule is COCCNCC(=O)N(C)Cc1ccc2ccccc2c1.Cl. The summed E-state index contributed by atoms with van der Waals surface area (Å²) in [6.07, 6.45) is 0. The number of benzene rings is 2. The minimum absolute atomic E-state index is 0. The van der Waals surface area contributed by atoms with Crippen LogP contribution in [0.2, 0.25) is 0 Å². The largest absolute Gasteiger partial charge is 0.383 e. The fourth-order valence-electron chi connectivity index (χ4n) is 2.20. The highest BCUT2D eigenvalue weighted by molar-refractivity contribution is 5.85. The van der Waals surface area contributed by atoms with Crippen LogP contribution in [0.4, 0.5) is 0 Å². The second-order valence-corrected chi connectivity index (χ2v) is 5.10. The van der Waals surface area contributed by atoms with Gasteiger partial charge in [-0.3, -0.25) is 4.79 Å². The summed E-state index contributed by atoms with van der Waals surface area (Å²) >= 11 is 0. The van der Waals surface area contributed by atoms with Crippen molar-refractivity contribution in [3.05, 3.63) is 48.0 Å². The zero-order valence-electron chi connectivity index (χ0n) is 13.0. The molecule has 0 spiro atoms. The van der Waals surface area contributed by atoms with E-state index in [1.165, 1.54) is 10.8 Å². The predicted molar refractivity (Wildman–Crippen MR) is 92.4 cm³/mol. The molecule has 22 heavy (non-hydrogen) atoms. The van der Waals surface area contributed by atoms with E-state index in [4.69, 9.17) is 4.74 Å². The molecule has 0 aliphatic carbocycles. The minimum atomic E-state index is 0. The fraction of sp³-hybridized carbons (Fsp3) is 0.353. The van der Waals surface area contributed by atoms with E-state index >= 15 is 0 Å². The van der Waals surface area contributed by atoms with Gasteiger partial charge in [-0.25, -0.2) is 0 Å². The quantitative estimate of drug-likeness (QED) is 0.796. The van der Waals surface area contributed by atoms with Crippen LogP contribution in [0.15, 0.2) is 42.5 Å². The van der Waals surface area contributed by atoms with Gasteiger partial charge in [0.1, 0.15) is 0 Å². The molecule has 120 valence electrons. The first-order valence-corrected chi connectivity index (χ1v) is 7.12. The van der Waals surface area contributed by atoms with Crippen molar-refractivity contribution < 1.29 is 9.53 Å². The van der Waals surface area contributed by atoms with Crippen molar-refractivity contribution in [2.45, 2.75) is 6.54 Å². The van der Waals surface area contributed by atoms with Crippen molar-refractivity contribution in [2.24, 2.45) is 0 Å². The van der Waals surface area contributed by atoms with E-state index in [0.717, 1.165) is 5.56 Å². The lowest BCUT2D eigenvalue weighted by Crippen LogP contribution is -2.36. The summed E-state index contributed by atoms with van der Waals surface area (Å²) in [6, 6.07) is 14.5. The molecule has 0 fully saturated rings. The zero-order valence-corrected chi connectivity index (χ0v) is 13.9. The lowest BCUT2D eigenvalue weighted by atomic mass is 10.1. The van der Waals surface area contributed by atoms with Crippen molar-refractivity contribution >= 4 is 29.1 Å². The van der Waals surface area contributed by atoms with Crippen LogP contribution in [0.5, 0.6) is 0 Å². The van der Waals surface area contributed by atoms with Crippen molar-refractivity contribution in [2.75, 3.05) is 33.9 Å². The summed E-state index contributed by atoms with van der Waals surface area (Å²) in [5.41, 5.74) is 1.14. The van der Waals surface area contributed by atoms with Gasteiger partial charge >= 0.3 is 0 Å². The Balaban J connectivity index is 0.00000242. The lowest BCUT2D eigenvalue weighted by Gasteiger charge is -2.18. The van der Waals surface area contributed by atoms with Gasteiger partial charge in [-0.15, -0.1) is 12.4 Å². The zero-order chi connectivity index (χ0) is 15.1. The van der Waals surface area contributed by atoms with Crippen LogP contribution in [0.1, 0.15) is 5.56 Å². The van der Waals surface area contributed by atoms with E-state index < -0.39 is 0 Å². The number of likely N-dealkylation sites (N-methyl/N-ethyl adjacent to an activating group) is 1. The normalized spacial score (nSPS) is 10.3. The molecule has 0 heterocycles. The van der Waals surface area contributed by atoms with Crippen molar-refractivity contribution in [1.82, 2.24) is 10.2 Å². The standard InChI is InChI=1S/C17H22N2O2.ClH/c1-19(17(20)12-18-9-10-21-2)13-14-7-8-15-5-3-4-6-16(15)11-14;/h3-8,11,18H,9-10,12-13H2,1-2H3;1H. The van der Waals surface area contributed by atoms with E-state index in [9.17, 15) is 4.79 Å². The Kier molecular flexibility index (Phi) is 7.88. The van der Waals surface area contributed by atoms with Gasteiger partial charge in [-0.1, -0.05) is 36.4 Å². The second kappa shape index (κ2) is 9.41. The number of carbonyl (C=O) groups excluding carboxylic acids is 1. The number of hydrogen-bond acceptors (Lipinski definition) is 3. The van der Waals surface area contributed by atoms with Crippen LogP contribution in [0.3, 0.4) is 0 Å². The highest BCUT2D eigenvalue weighted by Crippen LogP contribution is 2.16.